The lowest BCUT2D eigenvalue weighted by molar-refractivity contribution is 0.0171. The molecule has 0 saturated carbocycles. The van der Waals surface area contributed by atoms with Crippen LogP contribution in [0.2, 0.25) is 0 Å². The van der Waals surface area contributed by atoms with E-state index in [2.05, 4.69) is 0 Å². The zero-order chi connectivity index (χ0) is 18.2. The molecule has 0 fully saturated rings. The molecule has 0 heterocycles. The predicted octanol–water partition coefficient (Wildman–Crippen LogP) is 2.36. The summed E-state index contributed by atoms with van der Waals surface area (Å²) in [6.07, 6.45) is -1.67. The van der Waals surface area contributed by atoms with Crippen molar-refractivity contribution in [2.45, 2.75) is 18.8 Å². The van der Waals surface area contributed by atoms with E-state index in [1.165, 1.54) is 11.9 Å². The van der Waals surface area contributed by atoms with Gasteiger partial charge in [0.25, 0.3) is 0 Å². The van der Waals surface area contributed by atoms with Crippen LogP contribution in [0.15, 0.2) is 54.6 Å². The van der Waals surface area contributed by atoms with Gasteiger partial charge in [0.15, 0.2) is 0 Å². The van der Waals surface area contributed by atoms with Crippen molar-refractivity contribution in [1.29, 1.82) is 0 Å². The molecule has 2 N–H and O–H groups in total. The molecule has 2 atom stereocenters. The number of aliphatic hydroxyl groups is 2. The summed E-state index contributed by atoms with van der Waals surface area (Å²) >= 11 is 0. The van der Waals surface area contributed by atoms with E-state index in [0.29, 0.717) is 11.3 Å². The SMILES string of the molecule is COc1ccc([C@@H](O)[C@@H](CO)N(C)C(=O)OCc2ccccc2)cc1. The molecule has 6 nitrogen and oxygen atoms in total. The Labute approximate surface area is 147 Å². The minimum Gasteiger partial charge on any atom is -0.497 e. The Hall–Kier alpha value is -2.57. The normalized spacial score (nSPS) is 13.0. The lowest BCUT2D eigenvalue weighted by Gasteiger charge is -2.30. The van der Waals surface area contributed by atoms with Crippen molar-refractivity contribution in [2.75, 3.05) is 20.8 Å². The van der Waals surface area contributed by atoms with Gasteiger partial charge in [-0.2, -0.15) is 0 Å². The predicted molar refractivity (Wildman–Crippen MR) is 93.2 cm³/mol. The summed E-state index contributed by atoms with van der Waals surface area (Å²) < 4.78 is 10.3. The van der Waals surface area contributed by atoms with Crippen LogP contribution < -0.4 is 4.74 Å². The minimum atomic E-state index is -1.05. The lowest BCUT2D eigenvalue weighted by Crippen LogP contribution is -2.43. The second-order valence-electron chi connectivity index (χ2n) is 5.62. The molecule has 0 aliphatic heterocycles. The first kappa shape index (κ1) is 18.8. The third-order valence-corrected chi connectivity index (χ3v) is 4.00. The van der Waals surface area contributed by atoms with E-state index in [-0.39, 0.29) is 6.61 Å². The zero-order valence-electron chi connectivity index (χ0n) is 14.3. The highest BCUT2D eigenvalue weighted by Crippen LogP contribution is 2.23. The average molecular weight is 345 g/mol. The number of benzene rings is 2. The number of likely N-dealkylation sites (N-methyl/N-ethyl adjacent to an activating group) is 1. The van der Waals surface area contributed by atoms with Gasteiger partial charge in [-0.3, -0.25) is 0 Å². The Morgan fingerprint density at radius 3 is 2.32 bits per heavy atom. The second-order valence-corrected chi connectivity index (χ2v) is 5.62. The number of nitrogens with zero attached hydrogens (tertiary/aromatic N) is 1. The van der Waals surface area contributed by atoms with Gasteiger partial charge in [0.1, 0.15) is 18.5 Å². The summed E-state index contributed by atoms with van der Waals surface area (Å²) in [5, 5.41) is 20.1. The van der Waals surface area contributed by atoms with Crippen LogP contribution >= 0.6 is 0 Å². The van der Waals surface area contributed by atoms with Gasteiger partial charge in [0.05, 0.1) is 19.8 Å². The molecule has 2 rings (SSSR count). The molecule has 134 valence electrons. The van der Waals surface area contributed by atoms with Gasteiger partial charge in [-0.1, -0.05) is 42.5 Å². The van der Waals surface area contributed by atoms with Crippen LogP contribution in [0.25, 0.3) is 0 Å². The first-order valence-corrected chi connectivity index (χ1v) is 7.93. The summed E-state index contributed by atoms with van der Waals surface area (Å²) in [5.74, 6) is 0.659. The maximum Gasteiger partial charge on any atom is 0.410 e. The van der Waals surface area contributed by atoms with E-state index in [0.717, 1.165) is 5.56 Å². The van der Waals surface area contributed by atoms with Crippen LogP contribution in [0.1, 0.15) is 17.2 Å². The fourth-order valence-electron chi connectivity index (χ4n) is 2.41. The average Bonchev–Trinajstić information content (AvgIpc) is 2.67. The highest BCUT2D eigenvalue weighted by atomic mass is 16.6. The van der Waals surface area contributed by atoms with E-state index in [1.54, 1.807) is 31.4 Å². The highest BCUT2D eigenvalue weighted by Gasteiger charge is 2.28. The van der Waals surface area contributed by atoms with Crippen molar-refractivity contribution in [3.63, 3.8) is 0 Å². The van der Waals surface area contributed by atoms with Crippen molar-refractivity contribution in [3.8, 4) is 5.75 Å². The van der Waals surface area contributed by atoms with E-state index in [9.17, 15) is 15.0 Å². The number of carbonyl (C=O) groups excluding carboxylic acids is 1. The molecule has 0 unspecified atom stereocenters. The number of aliphatic hydroxyl groups excluding tert-OH is 2. The van der Waals surface area contributed by atoms with Crippen LogP contribution in [0.3, 0.4) is 0 Å². The Morgan fingerprint density at radius 2 is 1.76 bits per heavy atom. The maximum absolute atomic E-state index is 12.2. The Kier molecular flexibility index (Phi) is 6.80. The zero-order valence-corrected chi connectivity index (χ0v) is 14.3. The topological polar surface area (TPSA) is 79.2 Å². The summed E-state index contributed by atoms with van der Waals surface area (Å²) in [7, 11) is 3.04. The highest BCUT2D eigenvalue weighted by molar-refractivity contribution is 5.67. The summed E-state index contributed by atoms with van der Waals surface area (Å²) in [4.78, 5) is 13.4. The molecule has 0 bridgehead atoms. The largest absolute Gasteiger partial charge is 0.497 e. The third kappa shape index (κ3) is 4.95. The van der Waals surface area contributed by atoms with E-state index in [1.807, 2.05) is 30.3 Å². The molecule has 1 amide bonds. The quantitative estimate of drug-likeness (QED) is 0.805. The first-order chi connectivity index (χ1) is 12.1. The summed E-state index contributed by atoms with van der Waals surface area (Å²) in [5.41, 5.74) is 1.43. The first-order valence-electron chi connectivity index (χ1n) is 7.93. The summed E-state index contributed by atoms with van der Waals surface area (Å²) in [6.45, 7) is -0.273. The fraction of sp³-hybridized carbons (Fsp3) is 0.316. The molecule has 0 aliphatic carbocycles. The molecule has 0 aliphatic rings. The van der Waals surface area contributed by atoms with E-state index >= 15 is 0 Å². The molecule has 2 aromatic carbocycles. The maximum atomic E-state index is 12.2. The number of rotatable bonds is 7. The van der Waals surface area contributed by atoms with Gasteiger partial charge < -0.3 is 24.6 Å². The van der Waals surface area contributed by atoms with Crippen LogP contribution in [-0.2, 0) is 11.3 Å². The molecule has 0 spiro atoms. The number of amides is 1. The fourth-order valence-corrected chi connectivity index (χ4v) is 2.41. The third-order valence-electron chi connectivity index (χ3n) is 4.00. The Bertz CT molecular complexity index is 659. The van der Waals surface area contributed by atoms with Gasteiger partial charge in [-0.25, -0.2) is 4.79 Å². The monoisotopic (exact) mass is 345 g/mol. The van der Waals surface area contributed by atoms with Crippen LogP contribution in [-0.4, -0.2) is 48.0 Å². The van der Waals surface area contributed by atoms with Crippen molar-refractivity contribution in [3.05, 3.63) is 65.7 Å². The number of hydrogen-bond donors (Lipinski definition) is 2. The lowest BCUT2D eigenvalue weighted by atomic mass is 10.0. The van der Waals surface area contributed by atoms with Crippen LogP contribution in [0, 0.1) is 0 Å². The van der Waals surface area contributed by atoms with Crippen LogP contribution in [0.5, 0.6) is 5.75 Å². The molecule has 0 aromatic heterocycles. The second kappa shape index (κ2) is 9.05. The molecule has 0 saturated heterocycles. The molecular formula is C19H23NO5. The van der Waals surface area contributed by atoms with E-state index in [4.69, 9.17) is 9.47 Å². The molecule has 2 aromatic rings. The van der Waals surface area contributed by atoms with Gasteiger partial charge in [0.2, 0.25) is 0 Å². The van der Waals surface area contributed by atoms with E-state index < -0.39 is 24.8 Å². The van der Waals surface area contributed by atoms with Crippen molar-refractivity contribution in [2.24, 2.45) is 0 Å². The molecule has 6 heteroatoms. The van der Waals surface area contributed by atoms with Crippen molar-refractivity contribution in [1.82, 2.24) is 4.90 Å². The number of carbonyl (C=O) groups is 1. The van der Waals surface area contributed by atoms with Crippen LogP contribution in [0.4, 0.5) is 4.79 Å². The van der Waals surface area contributed by atoms with Gasteiger partial charge in [-0.15, -0.1) is 0 Å². The number of ether oxygens (including phenoxy) is 2. The smallest absolute Gasteiger partial charge is 0.410 e. The van der Waals surface area contributed by atoms with Crippen molar-refractivity contribution >= 4 is 6.09 Å². The summed E-state index contributed by atoms with van der Waals surface area (Å²) in [6, 6.07) is 15.3. The number of hydrogen-bond acceptors (Lipinski definition) is 5. The Morgan fingerprint density at radius 1 is 1.12 bits per heavy atom. The van der Waals surface area contributed by atoms with Gasteiger partial charge in [-0.05, 0) is 23.3 Å². The van der Waals surface area contributed by atoms with Gasteiger partial charge in [0, 0.05) is 7.05 Å². The van der Waals surface area contributed by atoms with Crippen molar-refractivity contribution < 1.29 is 24.5 Å². The van der Waals surface area contributed by atoms with Gasteiger partial charge >= 0.3 is 6.09 Å². The standard InChI is InChI=1S/C19H23NO5/c1-20(19(23)25-13-14-6-4-3-5-7-14)17(12-21)18(22)15-8-10-16(24-2)11-9-15/h3-11,17-18,21-22H,12-13H2,1-2H3/t17-,18-/m1/s1. The molecular weight excluding hydrogens is 322 g/mol. The number of methoxy groups -OCH3 is 1. The Balaban J connectivity index is 2.00. The molecule has 25 heavy (non-hydrogen) atoms. The molecule has 0 radical (unpaired) electrons. The minimum absolute atomic E-state index is 0.126.